The second kappa shape index (κ2) is 10.7. The number of carbonyl (C=O) groups excluding carboxylic acids is 1. The number of thiophene rings is 2. The number of carbonyl (C=O) groups is 1. The van der Waals surface area contributed by atoms with Gasteiger partial charge in [-0.05, 0) is 77.6 Å². The van der Waals surface area contributed by atoms with Crippen LogP contribution in [0.5, 0.6) is 0 Å². The van der Waals surface area contributed by atoms with Crippen molar-refractivity contribution in [2.45, 2.75) is 38.8 Å². The molecule has 0 spiro atoms. The molecule has 2 aliphatic rings. The Morgan fingerprint density at radius 2 is 1.30 bits per heavy atom. The summed E-state index contributed by atoms with van der Waals surface area (Å²) in [5.74, 6) is -1.18. The van der Waals surface area contributed by atoms with E-state index in [2.05, 4.69) is 136 Å². The molecular formula is C44H36N2O2S2. The average Bonchev–Trinajstić information content (AvgIpc) is 3.71. The Labute approximate surface area is 299 Å². The molecule has 0 saturated carbocycles. The first-order chi connectivity index (χ1) is 24.0. The van der Waals surface area contributed by atoms with E-state index in [0.29, 0.717) is 5.56 Å². The number of benzene rings is 5. The van der Waals surface area contributed by atoms with Crippen LogP contribution in [-0.4, -0.2) is 20.1 Å². The monoisotopic (exact) mass is 688 g/mol. The van der Waals surface area contributed by atoms with Gasteiger partial charge in [0.15, 0.2) is 5.54 Å². The first-order valence-electron chi connectivity index (χ1n) is 17.0. The fourth-order valence-corrected chi connectivity index (χ4v) is 11.1. The molecule has 50 heavy (non-hydrogen) atoms. The van der Waals surface area contributed by atoms with E-state index >= 15 is 0 Å². The molecule has 2 aromatic heterocycles. The number of carboxylic acids is 1. The molecule has 9 rings (SSSR count). The molecule has 2 aliphatic heterocycles. The van der Waals surface area contributed by atoms with Crippen molar-refractivity contribution in [3.8, 4) is 20.9 Å². The summed E-state index contributed by atoms with van der Waals surface area (Å²) in [7, 11) is 4.35. The van der Waals surface area contributed by atoms with Crippen LogP contribution in [0.3, 0.4) is 0 Å². The third-order valence-electron chi connectivity index (χ3n) is 11.3. The summed E-state index contributed by atoms with van der Waals surface area (Å²) < 4.78 is 4.91. The fraction of sp³-hybridized carbons (Fsp3) is 0.182. The highest BCUT2D eigenvalue weighted by Crippen LogP contribution is 2.54. The number of aromatic carboxylic acids is 1. The van der Waals surface area contributed by atoms with Gasteiger partial charge in [-0.25, -0.2) is 4.58 Å². The summed E-state index contributed by atoms with van der Waals surface area (Å²) in [4.78, 5) is 17.6. The zero-order valence-electron chi connectivity index (χ0n) is 28.9. The molecule has 0 N–H and O–H groups in total. The standard InChI is InChI=1S/C44H36N2O2S2/c1-43(2)38-29-15-9-11-17-35(29)49-40(38)31-23-25(19-21-33(31)45(43)5)37(27-13-7-8-14-28(27)42(47)48)26-20-22-34-32(24-26)41-39(44(3,4)46(34)6)30-16-10-12-18-36(30)50-41/h7-24H,1-6H3. The predicted molar refractivity (Wildman–Crippen MR) is 208 cm³/mol. The van der Waals surface area contributed by atoms with Gasteiger partial charge in [-0.15, -0.1) is 22.7 Å². The lowest BCUT2D eigenvalue weighted by atomic mass is 9.82. The Hall–Kier alpha value is -5.04. The lowest BCUT2D eigenvalue weighted by Gasteiger charge is -2.43. The predicted octanol–water partition coefficient (Wildman–Crippen LogP) is 8.12. The van der Waals surface area contributed by atoms with Gasteiger partial charge in [0.05, 0.1) is 21.9 Å². The van der Waals surface area contributed by atoms with E-state index in [1.54, 1.807) is 12.1 Å². The van der Waals surface area contributed by atoms with Crippen LogP contribution in [0.2, 0.25) is 0 Å². The van der Waals surface area contributed by atoms with Gasteiger partial charge < -0.3 is 14.8 Å². The molecular weight excluding hydrogens is 653 g/mol. The summed E-state index contributed by atoms with van der Waals surface area (Å²) in [6, 6.07) is 37.9. The van der Waals surface area contributed by atoms with E-state index in [9.17, 15) is 9.90 Å². The van der Waals surface area contributed by atoms with Crippen molar-refractivity contribution in [2.24, 2.45) is 0 Å². The third-order valence-corrected chi connectivity index (χ3v) is 13.7. The van der Waals surface area contributed by atoms with Crippen LogP contribution in [0.1, 0.15) is 60.3 Å². The highest BCUT2D eigenvalue weighted by Gasteiger charge is 2.41. The number of nitrogens with zero attached hydrogens (tertiary/aromatic N) is 2. The Bertz CT molecular complexity index is 2730. The molecule has 5 aromatic carbocycles. The number of fused-ring (bicyclic) bond motifs is 10. The van der Waals surface area contributed by atoms with Crippen molar-refractivity contribution < 1.29 is 9.90 Å². The Kier molecular flexibility index (Phi) is 6.65. The zero-order valence-corrected chi connectivity index (χ0v) is 30.6. The minimum absolute atomic E-state index is 0.180. The third kappa shape index (κ3) is 4.21. The maximum atomic E-state index is 12.7. The summed E-state index contributed by atoms with van der Waals surface area (Å²) in [5, 5.41) is 17.4. The van der Waals surface area contributed by atoms with Crippen LogP contribution in [0, 0.1) is 0 Å². The van der Waals surface area contributed by atoms with Crippen molar-refractivity contribution in [2.75, 3.05) is 19.0 Å². The van der Waals surface area contributed by atoms with Gasteiger partial charge in [0.25, 0.3) is 0 Å². The van der Waals surface area contributed by atoms with Crippen LogP contribution >= 0.6 is 22.7 Å². The minimum atomic E-state index is -1.18. The SMILES string of the molecule is CN1c2ccc(/C(c3ccccc3C(=O)[O-])=c3\ccc4c(c3)-c3sc5ccccc5c3C(C)(C)[N+]=4C)cc2-c2sc3ccccc3c2C1(C)C. The molecule has 246 valence electrons. The smallest absolute Gasteiger partial charge is 0.209 e. The Morgan fingerprint density at radius 1 is 0.700 bits per heavy atom. The first kappa shape index (κ1) is 31.0. The Balaban J connectivity index is 1.38. The van der Waals surface area contributed by atoms with Gasteiger partial charge in [-0.2, -0.15) is 0 Å². The minimum Gasteiger partial charge on any atom is -0.545 e. The summed E-state index contributed by atoms with van der Waals surface area (Å²) >= 11 is 3.67. The van der Waals surface area contributed by atoms with Gasteiger partial charge in [0, 0.05) is 74.6 Å². The maximum absolute atomic E-state index is 12.7. The molecule has 4 heterocycles. The van der Waals surface area contributed by atoms with Crippen molar-refractivity contribution in [3.05, 3.63) is 148 Å². The molecule has 6 heteroatoms. The van der Waals surface area contributed by atoms with E-state index in [1.165, 1.54) is 41.1 Å². The molecule has 0 amide bonds. The van der Waals surface area contributed by atoms with E-state index in [0.717, 1.165) is 38.5 Å². The normalized spacial score (nSPS) is 16.1. The van der Waals surface area contributed by atoms with Crippen molar-refractivity contribution in [1.82, 2.24) is 4.58 Å². The van der Waals surface area contributed by atoms with Gasteiger partial charge in [-0.3, -0.25) is 0 Å². The van der Waals surface area contributed by atoms with Gasteiger partial charge in [0.1, 0.15) is 7.05 Å². The van der Waals surface area contributed by atoms with E-state index in [1.807, 2.05) is 34.8 Å². The highest BCUT2D eigenvalue weighted by molar-refractivity contribution is 7.23. The van der Waals surface area contributed by atoms with E-state index < -0.39 is 5.97 Å². The van der Waals surface area contributed by atoms with E-state index in [-0.39, 0.29) is 16.6 Å². The van der Waals surface area contributed by atoms with Crippen LogP contribution in [0.25, 0.3) is 46.6 Å². The quantitative estimate of drug-likeness (QED) is 0.176. The van der Waals surface area contributed by atoms with E-state index in [4.69, 9.17) is 0 Å². The second-order valence-corrected chi connectivity index (χ2v) is 16.6. The number of rotatable bonds is 3. The van der Waals surface area contributed by atoms with Gasteiger partial charge in [0.2, 0.25) is 5.36 Å². The fourth-order valence-electron chi connectivity index (χ4n) is 8.31. The van der Waals surface area contributed by atoms with Crippen LogP contribution < -0.4 is 25.2 Å². The summed E-state index contributed by atoms with van der Waals surface area (Å²) in [6.07, 6.45) is 0. The molecule has 0 unspecified atom stereocenters. The molecule has 0 bridgehead atoms. The van der Waals surface area contributed by atoms with Crippen LogP contribution in [-0.2, 0) is 11.1 Å². The van der Waals surface area contributed by atoms with Crippen molar-refractivity contribution in [1.29, 1.82) is 0 Å². The van der Waals surface area contributed by atoms with Crippen LogP contribution in [0.15, 0.2) is 109 Å². The summed E-state index contributed by atoms with van der Waals surface area (Å²) in [5.41, 5.74) is 8.40. The highest BCUT2D eigenvalue weighted by atomic mass is 32.1. The Morgan fingerprint density at radius 3 is 1.98 bits per heavy atom. The first-order valence-corrected chi connectivity index (χ1v) is 18.6. The number of hydrogen-bond acceptors (Lipinski definition) is 5. The summed E-state index contributed by atoms with van der Waals surface area (Å²) in [6.45, 7) is 9.18. The topological polar surface area (TPSA) is 46.4 Å². The average molecular weight is 689 g/mol. The number of carboxylic acid groups (broad SMARTS) is 1. The van der Waals surface area contributed by atoms with Crippen molar-refractivity contribution >= 4 is 60.1 Å². The van der Waals surface area contributed by atoms with Crippen LogP contribution in [0.4, 0.5) is 5.69 Å². The number of hydrogen-bond donors (Lipinski definition) is 0. The largest absolute Gasteiger partial charge is 0.545 e. The van der Waals surface area contributed by atoms with Gasteiger partial charge >= 0.3 is 0 Å². The molecule has 4 nitrogen and oxygen atoms in total. The zero-order chi connectivity index (χ0) is 34.7. The second-order valence-electron chi connectivity index (χ2n) is 14.5. The maximum Gasteiger partial charge on any atom is 0.209 e. The molecule has 0 fully saturated rings. The lowest BCUT2D eigenvalue weighted by molar-refractivity contribution is -0.255. The van der Waals surface area contributed by atoms with Crippen molar-refractivity contribution in [3.63, 3.8) is 0 Å². The molecule has 0 radical (unpaired) electrons. The number of anilines is 1. The molecule has 0 atom stereocenters. The van der Waals surface area contributed by atoms with Gasteiger partial charge in [-0.1, -0.05) is 66.7 Å². The molecule has 0 aliphatic carbocycles. The molecule has 7 aromatic rings. The lowest BCUT2D eigenvalue weighted by Crippen LogP contribution is -2.45. The molecule has 0 saturated heterocycles.